The maximum absolute atomic E-state index is 6.24. The summed E-state index contributed by atoms with van der Waals surface area (Å²) in [5, 5.41) is 0. The number of hydrogen-bond acceptors (Lipinski definition) is 2. The zero-order valence-electron chi connectivity index (χ0n) is 15.5. The molecule has 0 N–H and O–H groups in total. The summed E-state index contributed by atoms with van der Waals surface area (Å²) in [5.41, 5.74) is 0.560. The predicted octanol–water partition coefficient (Wildman–Crippen LogP) is 4.96. The van der Waals surface area contributed by atoms with Crippen molar-refractivity contribution in [3.8, 4) is 0 Å². The molecule has 0 bridgehead atoms. The van der Waals surface area contributed by atoms with E-state index in [-0.39, 0.29) is 11.2 Å². The zero-order chi connectivity index (χ0) is 16.6. The topological polar surface area (TPSA) is 18.5 Å². The first-order valence-electron chi connectivity index (χ1n) is 10.1. The van der Waals surface area contributed by atoms with E-state index in [4.69, 9.17) is 9.47 Å². The fourth-order valence-electron chi connectivity index (χ4n) is 7.25. The lowest BCUT2D eigenvalue weighted by molar-refractivity contribution is -0.239. The van der Waals surface area contributed by atoms with Crippen LogP contribution in [0.3, 0.4) is 0 Å². The van der Waals surface area contributed by atoms with Crippen molar-refractivity contribution in [2.45, 2.75) is 58.7 Å². The van der Waals surface area contributed by atoms with Crippen molar-refractivity contribution in [1.82, 2.24) is 0 Å². The number of fused-ring (bicyclic) bond motifs is 6. The van der Waals surface area contributed by atoms with Crippen LogP contribution in [0.2, 0.25) is 0 Å². The average Bonchev–Trinajstić information content (AvgIpc) is 3.15. The number of ether oxygens (including phenoxy) is 2. The van der Waals surface area contributed by atoms with Crippen LogP contribution in [0.4, 0.5) is 0 Å². The third-order valence-electron chi connectivity index (χ3n) is 8.70. The van der Waals surface area contributed by atoms with Gasteiger partial charge in [0.15, 0.2) is 5.79 Å². The van der Waals surface area contributed by atoms with Gasteiger partial charge in [0.1, 0.15) is 0 Å². The van der Waals surface area contributed by atoms with E-state index in [9.17, 15) is 0 Å². The first-order chi connectivity index (χ1) is 11.5. The highest BCUT2D eigenvalue weighted by Crippen LogP contribution is 2.67. The van der Waals surface area contributed by atoms with E-state index >= 15 is 0 Å². The Labute approximate surface area is 146 Å². The molecule has 0 radical (unpaired) electrons. The molecule has 1 saturated heterocycles. The minimum atomic E-state index is -0.273. The van der Waals surface area contributed by atoms with Gasteiger partial charge in [-0.1, -0.05) is 45.1 Å². The molecule has 0 aromatic heterocycles. The molecule has 1 spiro atoms. The third-order valence-corrected chi connectivity index (χ3v) is 8.70. The number of allylic oxidation sites excluding steroid dienone is 4. The van der Waals surface area contributed by atoms with E-state index in [1.54, 1.807) is 0 Å². The maximum atomic E-state index is 6.24. The number of hydrogen-bond donors (Lipinski definition) is 0. The Hall–Kier alpha value is -0.600. The van der Waals surface area contributed by atoms with Gasteiger partial charge in [-0.15, -0.1) is 0 Å². The second-order valence-corrected chi connectivity index (χ2v) is 9.66. The second-order valence-electron chi connectivity index (χ2n) is 9.66. The molecule has 132 valence electrons. The molecule has 0 aromatic rings. The van der Waals surface area contributed by atoms with Crippen molar-refractivity contribution in [1.29, 1.82) is 0 Å². The molecule has 2 heteroatoms. The summed E-state index contributed by atoms with van der Waals surface area (Å²) in [4.78, 5) is 0. The molecule has 7 atom stereocenters. The molecule has 4 aliphatic carbocycles. The average molecular weight is 328 g/mol. The Morgan fingerprint density at radius 1 is 0.917 bits per heavy atom. The lowest BCUT2D eigenvalue weighted by Crippen LogP contribution is -2.55. The molecule has 5 aliphatic rings. The van der Waals surface area contributed by atoms with Gasteiger partial charge in [0.05, 0.1) is 13.2 Å². The molecule has 24 heavy (non-hydrogen) atoms. The van der Waals surface area contributed by atoms with Crippen molar-refractivity contribution in [3.63, 3.8) is 0 Å². The van der Waals surface area contributed by atoms with Gasteiger partial charge in [0, 0.05) is 11.8 Å². The molecular formula is C22H32O2. The summed E-state index contributed by atoms with van der Waals surface area (Å²) in [5.74, 6) is 3.41. The van der Waals surface area contributed by atoms with Crippen LogP contribution >= 0.6 is 0 Å². The van der Waals surface area contributed by atoms with Crippen LogP contribution in [0.5, 0.6) is 0 Å². The van der Waals surface area contributed by atoms with Crippen LogP contribution in [-0.4, -0.2) is 19.0 Å². The minimum absolute atomic E-state index is 0.198. The maximum Gasteiger partial charge on any atom is 0.174 e. The van der Waals surface area contributed by atoms with E-state index in [1.807, 2.05) is 0 Å². The zero-order valence-corrected chi connectivity index (χ0v) is 15.5. The van der Waals surface area contributed by atoms with Gasteiger partial charge < -0.3 is 9.47 Å². The van der Waals surface area contributed by atoms with Crippen molar-refractivity contribution < 1.29 is 9.47 Å². The second kappa shape index (κ2) is 4.98. The minimum Gasteiger partial charge on any atom is -0.347 e. The SMILES string of the molecule is CC1C=CC2(C)C(C=CC3C2CCC2(C)C3CCC23OCCO3)C1. The molecule has 2 saturated carbocycles. The van der Waals surface area contributed by atoms with Crippen molar-refractivity contribution in [3.05, 3.63) is 24.3 Å². The van der Waals surface area contributed by atoms with Gasteiger partial charge in [0.2, 0.25) is 0 Å². The largest absolute Gasteiger partial charge is 0.347 e. The quantitative estimate of drug-likeness (QED) is 0.585. The normalized spacial score (nSPS) is 54.5. The molecule has 1 heterocycles. The molecule has 0 amide bonds. The molecule has 1 aliphatic heterocycles. The Bertz CT molecular complexity index is 587. The summed E-state index contributed by atoms with van der Waals surface area (Å²) >= 11 is 0. The first-order valence-corrected chi connectivity index (χ1v) is 10.1. The highest BCUT2D eigenvalue weighted by Gasteiger charge is 2.66. The van der Waals surface area contributed by atoms with E-state index in [1.165, 1.54) is 25.7 Å². The molecule has 5 rings (SSSR count). The Balaban J connectivity index is 1.51. The summed E-state index contributed by atoms with van der Waals surface area (Å²) < 4.78 is 12.5. The third kappa shape index (κ3) is 1.80. The van der Waals surface area contributed by atoms with Crippen LogP contribution in [0.15, 0.2) is 24.3 Å². The van der Waals surface area contributed by atoms with Crippen LogP contribution in [0, 0.1) is 40.4 Å². The Morgan fingerprint density at radius 2 is 1.67 bits per heavy atom. The molecule has 0 aromatic carbocycles. The van der Waals surface area contributed by atoms with Crippen molar-refractivity contribution in [2.24, 2.45) is 40.4 Å². The van der Waals surface area contributed by atoms with Crippen LogP contribution in [0.1, 0.15) is 52.9 Å². The van der Waals surface area contributed by atoms with Gasteiger partial charge >= 0.3 is 0 Å². The summed E-state index contributed by atoms with van der Waals surface area (Å²) in [6, 6.07) is 0. The van der Waals surface area contributed by atoms with E-state index < -0.39 is 0 Å². The van der Waals surface area contributed by atoms with Crippen LogP contribution < -0.4 is 0 Å². The Morgan fingerprint density at radius 3 is 2.46 bits per heavy atom. The fraction of sp³-hybridized carbons (Fsp3) is 0.818. The smallest absolute Gasteiger partial charge is 0.174 e. The van der Waals surface area contributed by atoms with Gasteiger partial charge in [-0.3, -0.25) is 0 Å². The summed E-state index contributed by atoms with van der Waals surface area (Å²) in [6.45, 7) is 8.94. The first kappa shape index (κ1) is 15.6. The molecule has 2 nitrogen and oxygen atoms in total. The van der Waals surface area contributed by atoms with Crippen molar-refractivity contribution >= 4 is 0 Å². The summed E-state index contributed by atoms with van der Waals surface area (Å²) in [7, 11) is 0. The predicted molar refractivity (Wildman–Crippen MR) is 95.3 cm³/mol. The van der Waals surface area contributed by atoms with Gasteiger partial charge in [-0.05, 0) is 60.7 Å². The van der Waals surface area contributed by atoms with Crippen LogP contribution in [0.25, 0.3) is 0 Å². The highest BCUT2D eigenvalue weighted by atomic mass is 16.7. The molecular weight excluding hydrogens is 296 g/mol. The van der Waals surface area contributed by atoms with Gasteiger partial charge in [-0.2, -0.15) is 0 Å². The number of rotatable bonds is 0. The lowest BCUT2D eigenvalue weighted by Gasteiger charge is -2.58. The van der Waals surface area contributed by atoms with Crippen LogP contribution in [-0.2, 0) is 9.47 Å². The Kier molecular flexibility index (Phi) is 3.24. The molecule has 3 fully saturated rings. The van der Waals surface area contributed by atoms with Gasteiger partial charge in [0.25, 0.3) is 0 Å². The lowest BCUT2D eigenvalue weighted by atomic mass is 9.48. The van der Waals surface area contributed by atoms with Crippen molar-refractivity contribution in [2.75, 3.05) is 13.2 Å². The standard InChI is InChI=1S/C22H32O2/c1-15-6-9-20(2)16(14-15)4-5-17-18(20)7-10-21(3)19(17)8-11-22(21)23-12-13-24-22/h4-6,9,15-19H,7-8,10-14H2,1-3H3. The van der Waals surface area contributed by atoms with E-state index in [0.717, 1.165) is 43.3 Å². The van der Waals surface area contributed by atoms with Gasteiger partial charge in [-0.25, -0.2) is 0 Å². The molecule has 7 unspecified atom stereocenters. The summed E-state index contributed by atoms with van der Waals surface area (Å²) in [6.07, 6.45) is 16.5. The fourth-order valence-corrected chi connectivity index (χ4v) is 7.25. The highest BCUT2D eigenvalue weighted by molar-refractivity contribution is 5.24. The monoisotopic (exact) mass is 328 g/mol. The van der Waals surface area contributed by atoms with E-state index in [2.05, 4.69) is 45.1 Å². The van der Waals surface area contributed by atoms with E-state index in [0.29, 0.717) is 11.3 Å².